The SMILES string of the molecule is Cc1oc(-c2cccs2)nc1CN(C)[C@H]1CCCc2ccccc21. The molecule has 0 saturated carbocycles. The molecule has 124 valence electrons. The van der Waals surface area contributed by atoms with E-state index in [-0.39, 0.29) is 0 Å². The first-order valence-electron chi connectivity index (χ1n) is 8.50. The quantitative estimate of drug-likeness (QED) is 0.653. The smallest absolute Gasteiger partial charge is 0.236 e. The summed E-state index contributed by atoms with van der Waals surface area (Å²) in [6, 6.07) is 13.4. The molecule has 0 bridgehead atoms. The lowest BCUT2D eigenvalue weighted by molar-refractivity contribution is 0.210. The maximum atomic E-state index is 5.89. The maximum absolute atomic E-state index is 5.89. The zero-order chi connectivity index (χ0) is 16.5. The molecule has 3 nitrogen and oxygen atoms in total. The Hall–Kier alpha value is -1.91. The Morgan fingerprint density at radius 3 is 2.96 bits per heavy atom. The third-order valence-corrected chi connectivity index (χ3v) is 5.75. The highest BCUT2D eigenvalue weighted by Gasteiger charge is 2.25. The molecule has 3 aromatic rings. The standard InChI is InChI=1S/C20H22N2OS/c1-14-17(21-20(23-14)19-11-6-12-24-19)13-22(2)18-10-5-8-15-7-3-4-9-16(15)18/h3-4,6-7,9,11-12,18H,5,8,10,13H2,1-2H3/t18-/m0/s1. The Bertz CT molecular complexity index is 822. The molecule has 0 spiro atoms. The average Bonchev–Trinajstić information content (AvgIpc) is 3.25. The lowest BCUT2D eigenvalue weighted by Crippen LogP contribution is -2.27. The van der Waals surface area contributed by atoms with Crippen LogP contribution in [-0.4, -0.2) is 16.9 Å². The van der Waals surface area contributed by atoms with Crippen LogP contribution in [0.2, 0.25) is 0 Å². The number of thiophene rings is 1. The number of hydrogen-bond donors (Lipinski definition) is 0. The summed E-state index contributed by atoms with van der Waals surface area (Å²) >= 11 is 1.67. The van der Waals surface area contributed by atoms with Crippen molar-refractivity contribution >= 4 is 11.3 Å². The van der Waals surface area contributed by atoms with Gasteiger partial charge in [0.2, 0.25) is 5.89 Å². The first-order chi connectivity index (χ1) is 11.7. The van der Waals surface area contributed by atoms with Crippen molar-refractivity contribution in [1.29, 1.82) is 0 Å². The molecule has 1 aromatic carbocycles. The molecule has 24 heavy (non-hydrogen) atoms. The van der Waals surface area contributed by atoms with Crippen molar-refractivity contribution in [3.8, 4) is 10.8 Å². The number of fused-ring (bicyclic) bond motifs is 1. The van der Waals surface area contributed by atoms with Crippen LogP contribution < -0.4 is 0 Å². The largest absolute Gasteiger partial charge is 0.440 e. The Kier molecular flexibility index (Phi) is 4.25. The van der Waals surface area contributed by atoms with E-state index in [9.17, 15) is 0 Å². The summed E-state index contributed by atoms with van der Waals surface area (Å²) < 4.78 is 5.89. The molecule has 1 aliphatic rings. The van der Waals surface area contributed by atoms with Gasteiger partial charge in [-0.15, -0.1) is 11.3 Å². The minimum absolute atomic E-state index is 0.469. The van der Waals surface area contributed by atoms with E-state index in [1.807, 2.05) is 13.0 Å². The summed E-state index contributed by atoms with van der Waals surface area (Å²) in [7, 11) is 2.20. The van der Waals surface area contributed by atoms with Gasteiger partial charge in [-0.2, -0.15) is 0 Å². The molecule has 2 aromatic heterocycles. The monoisotopic (exact) mass is 338 g/mol. The van der Waals surface area contributed by atoms with Gasteiger partial charge in [-0.25, -0.2) is 4.98 Å². The number of benzene rings is 1. The minimum Gasteiger partial charge on any atom is -0.440 e. The molecule has 4 rings (SSSR count). The van der Waals surface area contributed by atoms with Crippen molar-refractivity contribution in [2.24, 2.45) is 0 Å². The van der Waals surface area contributed by atoms with Gasteiger partial charge in [-0.3, -0.25) is 4.90 Å². The van der Waals surface area contributed by atoms with Gasteiger partial charge in [0.25, 0.3) is 0 Å². The zero-order valence-electron chi connectivity index (χ0n) is 14.2. The topological polar surface area (TPSA) is 29.3 Å². The predicted octanol–water partition coefficient (Wildman–Crippen LogP) is 5.22. The molecule has 0 N–H and O–H groups in total. The third-order valence-electron chi connectivity index (χ3n) is 4.89. The molecule has 0 saturated heterocycles. The first kappa shape index (κ1) is 15.6. The highest BCUT2D eigenvalue weighted by atomic mass is 32.1. The van der Waals surface area contributed by atoms with Gasteiger partial charge in [0.05, 0.1) is 10.6 Å². The number of rotatable bonds is 4. The molecule has 2 heterocycles. The highest BCUT2D eigenvalue weighted by Crippen LogP contribution is 2.35. The number of aryl methyl sites for hydroxylation is 2. The van der Waals surface area contributed by atoms with E-state index >= 15 is 0 Å². The average molecular weight is 338 g/mol. The van der Waals surface area contributed by atoms with Gasteiger partial charge < -0.3 is 4.42 Å². The molecule has 0 amide bonds. The summed E-state index contributed by atoms with van der Waals surface area (Å²) in [5.41, 5.74) is 4.02. The van der Waals surface area contributed by atoms with Crippen LogP contribution in [0.4, 0.5) is 0 Å². The fraction of sp³-hybridized carbons (Fsp3) is 0.350. The van der Waals surface area contributed by atoms with Gasteiger partial charge in [0.1, 0.15) is 5.76 Å². The first-order valence-corrected chi connectivity index (χ1v) is 9.38. The summed E-state index contributed by atoms with van der Waals surface area (Å²) in [4.78, 5) is 8.26. The molecule has 1 aliphatic carbocycles. The van der Waals surface area contributed by atoms with Crippen LogP contribution in [0.15, 0.2) is 46.2 Å². The Labute approximate surface area is 147 Å². The van der Waals surface area contributed by atoms with Gasteiger partial charge in [0.15, 0.2) is 0 Å². The van der Waals surface area contributed by atoms with E-state index in [4.69, 9.17) is 9.40 Å². The second-order valence-corrected chi connectivity index (χ2v) is 7.47. The predicted molar refractivity (Wildman–Crippen MR) is 98.1 cm³/mol. The number of nitrogens with zero attached hydrogens (tertiary/aromatic N) is 2. The van der Waals surface area contributed by atoms with Crippen molar-refractivity contribution in [2.75, 3.05) is 7.05 Å². The number of oxazole rings is 1. The van der Waals surface area contributed by atoms with Crippen LogP contribution in [0.1, 0.15) is 41.5 Å². The summed E-state index contributed by atoms with van der Waals surface area (Å²) in [5.74, 6) is 1.67. The zero-order valence-corrected chi connectivity index (χ0v) is 15.0. The van der Waals surface area contributed by atoms with E-state index in [0.29, 0.717) is 6.04 Å². The molecular formula is C20H22N2OS. The Morgan fingerprint density at radius 1 is 1.25 bits per heavy atom. The number of aromatic nitrogens is 1. The van der Waals surface area contributed by atoms with Crippen molar-refractivity contribution in [2.45, 2.75) is 38.8 Å². The van der Waals surface area contributed by atoms with Crippen molar-refractivity contribution in [3.63, 3.8) is 0 Å². The van der Waals surface area contributed by atoms with Crippen molar-refractivity contribution < 1.29 is 4.42 Å². The third kappa shape index (κ3) is 2.92. The van der Waals surface area contributed by atoms with E-state index in [1.54, 1.807) is 11.3 Å². The summed E-state index contributed by atoms with van der Waals surface area (Å²) in [6.07, 6.45) is 3.67. The van der Waals surface area contributed by atoms with Crippen molar-refractivity contribution in [1.82, 2.24) is 9.88 Å². The molecule has 4 heteroatoms. The van der Waals surface area contributed by atoms with Crippen LogP contribution in [0.5, 0.6) is 0 Å². The second-order valence-electron chi connectivity index (χ2n) is 6.52. The molecule has 0 fully saturated rings. The summed E-state index contributed by atoms with van der Waals surface area (Å²) in [5, 5.41) is 2.06. The second kappa shape index (κ2) is 6.54. The van der Waals surface area contributed by atoms with Crippen LogP contribution in [0.25, 0.3) is 10.8 Å². The molecular weight excluding hydrogens is 316 g/mol. The molecule has 0 unspecified atom stereocenters. The Morgan fingerprint density at radius 2 is 2.12 bits per heavy atom. The van der Waals surface area contributed by atoms with Crippen LogP contribution in [0.3, 0.4) is 0 Å². The van der Waals surface area contributed by atoms with E-state index in [1.165, 1.54) is 30.4 Å². The maximum Gasteiger partial charge on any atom is 0.236 e. The lowest BCUT2D eigenvalue weighted by Gasteiger charge is -2.33. The van der Waals surface area contributed by atoms with E-state index < -0.39 is 0 Å². The Balaban J connectivity index is 1.56. The van der Waals surface area contributed by atoms with Gasteiger partial charge in [0, 0.05) is 12.6 Å². The lowest BCUT2D eigenvalue weighted by atomic mass is 9.87. The molecule has 0 radical (unpaired) electrons. The van der Waals surface area contributed by atoms with Gasteiger partial charge in [-0.05, 0) is 55.8 Å². The summed E-state index contributed by atoms with van der Waals surface area (Å²) in [6.45, 7) is 2.84. The fourth-order valence-corrected chi connectivity index (χ4v) is 4.26. The van der Waals surface area contributed by atoms with Crippen LogP contribution >= 0.6 is 11.3 Å². The fourth-order valence-electron chi connectivity index (χ4n) is 3.61. The van der Waals surface area contributed by atoms with Gasteiger partial charge >= 0.3 is 0 Å². The number of hydrogen-bond acceptors (Lipinski definition) is 4. The normalized spacial score (nSPS) is 17.2. The molecule has 0 aliphatic heterocycles. The van der Waals surface area contributed by atoms with E-state index in [2.05, 4.69) is 47.7 Å². The van der Waals surface area contributed by atoms with Crippen molar-refractivity contribution in [3.05, 3.63) is 64.4 Å². The molecule has 1 atom stereocenters. The van der Waals surface area contributed by atoms with Crippen LogP contribution in [-0.2, 0) is 13.0 Å². The van der Waals surface area contributed by atoms with Gasteiger partial charge in [-0.1, -0.05) is 30.3 Å². The highest BCUT2D eigenvalue weighted by molar-refractivity contribution is 7.13. The minimum atomic E-state index is 0.469. The van der Waals surface area contributed by atoms with E-state index in [0.717, 1.165) is 28.8 Å². The van der Waals surface area contributed by atoms with Crippen LogP contribution in [0, 0.1) is 6.92 Å².